The van der Waals surface area contributed by atoms with E-state index in [1.54, 1.807) is 13.8 Å². The van der Waals surface area contributed by atoms with Crippen LogP contribution >= 0.6 is 0 Å². The van der Waals surface area contributed by atoms with Crippen molar-refractivity contribution in [1.82, 2.24) is 0 Å². The predicted octanol–water partition coefficient (Wildman–Crippen LogP) is -1.02. The lowest BCUT2D eigenvalue weighted by molar-refractivity contribution is -0.156. The minimum atomic E-state index is -1.58. The van der Waals surface area contributed by atoms with Crippen LogP contribution in [0.15, 0.2) is 0 Å². The predicted molar refractivity (Wildman–Crippen MR) is 91.1 cm³/mol. The highest BCUT2D eigenvalue weighted by molar-refractivity contribution is 5.76. The van der Waals surface area contributed by atoms with E-state index in [0.29, 0.717) is 0 Å². The largest absolute Gasteiger partial charge is 0.480 e. The monoisotopic (exact) mass is 402 g/mol. The topological polar surface area (TPSA) is 230 Å². The van der Waals surface area contributed by atoms with Gasteiger partial charge in [0.15, 0.2) is 17.3 Å². The molecule has 12 heteroatoms. The molecule has 0 aromatic heterocycles. The molecule has 27 heavy (non-hydrogen) atoms. The maximum absolute atomic E-state index is 10.0. The molecule has 2 unspecified atom stereocenters. The molecule has 0 aromatic rings. The molecule has 0 aliphatic carbocycles. The van der Waals surface area contributed by atoms with Crippen LogP contribution in [0.3, 0.4) is 0 Å². The van der Waals surface area contributed by atoms with Crippen molar-refractivity contribution < 1.29 is 60.0 Å². The van der Waals surface area contributed by atoms with Gasteiger partial charge in [-0.05, 0) is 33.6 Å². The standard InChI is InChI=1S/C5H10O3.2C4H8O3.C2H4O3/c1-3-5(2,8)4(6)7;1-4(2,7)3(5)6;1-2-3(5)4(6)7;3-1-2(4)5/h8H,3H2,1-2H3,(H,6,7);7H,1-2H3,(H,5,6);3,5H,2H2,1H3,(H,6,7);3H,1H2,(H,4,5). The van der Waals surface area contributed by atoms with E-state index in [4.69, 9.17) is 45.6 Å². The minimum absolute atomic E-state index is 0.238. The lowest BCUT2D eigenvalue weighted by atomic mass is 10.1. The quantitative estimate of drug-likeness (QED) is 0.267. The van der Waals surface area contributed by atoms with Crippen molar-refractivity contribution >= 4 is 23.9 Å². The summed E-state index contributed by atoms with van der Waals surface area (Å²) in [7, 11) is 0. The molecule has 0 saturated heterocycles. The zero-order chi connectivity index (χ0) is 23.0. The molecule has 162 valence electrons. The molecule has 0 fully saturated rings. The second-order valence-electron chi connectivity index (χ2n) is 5.61. The van der Waals surface area contributed by atoms with Crippen molar-refractivity contribution in [2.75, 3.05) is 6.61 Å². The minimum Gasteiger partial charge on any atom is -0.480 e. The van der Waals surface area contributed by atoms with Crippen molar-refractivity contribution in [3.05, 3.63) is 0 Å². The Morgan fingerprint density at radius 1 is 0.852 bits per heavy atom. The summed E-state index contributed by atoms with van der Waals surface area (Å²) in [6, 6.07) is 0. The first-order valence-corrected chi connectivity index (χ1v) is 7.55. The molecule has 0 aliphatic heterocycles. The molecule has 0 heterocycles. The number of carboxylic acids is 4. The Bertz CT molecular complexity index is 450. The summed E-state index contributed by atoms with van der Waals surface area (Å²) >= 11 is 0. The van der Waals surface area contributed by atoms with E-state index in [-0.39, 0.29) is 12.8 Å². The average Bonchev–Trinajstić information content (AvgIpc) is 2.54. The van der Waals surface area contributed by atoms with Crippen LogP contribution in [0.2, 0.25) is 0 Å². The normalized spacial score (nSPS) is 12.9. The molecular weight excluding hydrogens is 372 g/mol. The van der Waals surface area contributed by atoms with Crippen molar-refractivity contribution in [2.24, 2.45) is 0 Å². The fourth-order valence-electron chi connectivity index (χ4n) is 0.326. The third-order valence-electron chi connectivity index (χ3n) is 2.48. The highest BCUT2D eigenvalue weighted by atomic mass is 16.4. The molecule has 8 N–H and O–H groups in total. The van der Waals surface area contributed by atoms with Gasteiger partial charge in [0.2, 0.25) is 0 Å². The van der Waals surface area contributed by atoms with Crippen molar-refractivity contribution in [1.29, 1.82) is 0 Å². The Hall–Kier alpha value is -2.28. The molecule has 0 aromatic carbocycles. The third-order valence-corrected chi connectivity index (χ3v) is 2.48. The van der Waals surface area contributed by atoms with E-state index in [9.17, 15) is 14.4 Å². The van der Waals surface area contributed by atoms with Crippen molar-refractivity contribution in [2.45, 2.75) is 64.8 Å². The van der Waals surface area contributed by atoms with Crippen LogP contribution in [0.4, 0.5) is 0 Å². The number of aliphatic hydroxyl groups is 4. The van der Waals surface area contributed by atoms with Gasteiger partial charge in [0, 0.05) is 0 Å². The molecule has 0 radical (unpaired) electrons. The van der Waals surface area contributed by atoms with Gasteiger partial charge in [-0.25, -0.2) is 19.2 Å². The molecule has 0 spiro atoms. The second-order valence-corrected chi connectivity index (χ2v) is 5.61. The van der Waals surface area contributed by atoms with Gasteiger partial charge in [0.05, 0.1) is 0 Å². The van der Waals surface area contributed by atoms with Crippen LogP contribution < -0.4 is 0 Å². The first-order valence-electron chi connectivity index (χ1n) is 7.55. The molecule has 0 amide bonds. The van der Waals surface area contributed by atoms with E-state index < -0.39 is 47.8 Å². The zero-order valence-corrected chi connectivity index (χ0v) is 15.9. The number of hydrogen-bond donors (Lipinski definition) is 8. The van der Waals surface area contributed by atoms with Crippen LogP contribution in [0.5, 0.6) is 0 Å². The first-order chi connectivity index (χ1) is 11.9. The summed E-state index contributed by atoms with van der Waals surface area (Å²) in [5, 5.41) is 64.8. The molecule has 0 saturated carbocycles. The Balaban J connectivity index is -0.000000132. The Morgan fingerprint density at radius 2 is 1.15 bits per heavy atom. The highest BCUT2D eigenvalue weighted by Crippen LogP contribution is 2.06. The Labute approximate surface area is 156 Å². The van der Waals surface area contributed by atoms with E-state index in [2.05, 4.69) is 0 Å². The molecular formula is C15H30O12. The molecule has 0 rings (SSSR count). The number of carboxylic acid groups (broad SMARTS) is 4. The van der Waals surface area contributed by atoms with E-state index in [0.717, 1.165) is 0 Å². The van der Waals surface area contributed by atoms with Crippen molar-refractivity contribution in [3.8, 4) is 0 Å². The van der Waals surface area contributed by atoms with E-state index in [1.807, 2.05) is 0 Å². The average molecular weight is 402 g/mol. The maximum atomic E-state index is 10.0. The number of aliphatic carboxylic acids is 4. The van der Waals surface area contributed by atoms with Crippen LogP contribution in [-0.2, 0) is 19.2 Å². The molecule has 2 atom stereocenters. The summed E-state index contributed by atoms with van der Waals surface area (Å²) < 4.78 is 0. The fourth-order valence-corrected chi connectivity index (χ4v) is 0.326. The fraction of sp³-hybridized carbons (Fsp3) is 0.733. The van der Waals surface area contributed by atoms with Gasteiger partial charge in [0.25, 0.3) is 0 Å². The second kappa shape index (κ2) is 15.9. The van der Waals surface area contributed by atoms with E-state index >= 15 is 0 Å². The maximum Gasteiger partial charge on any atom is 0.335 e. The first kappa shape index (κ1) is 32.4. The number of rotatable bonds is 6. The van der Waals surface area contributed by atoms with Crippen LogP contribution in [0, 0.1) is 0 Å². The molecule has 0 aliphatic rings. The number of hydrogen-bond acceptors (Lipinski definition) is 8. The van der Waals surface area contributed by atoms with Gasteiger partial charge >= 0.3 is 23.9 Å². The van der Waals surface area contributed by atoms with Crippen molar-refractivity contribution in [3.63, 3.8) is 0 Å². The van der Waals surface area contributed by atoms with Gasteiger partial charge in [-0.2, -0.15) is 0 Å². The van der Waals surface area contributed by atoms with Gasteiger partial charge in [-0.15, -0.1) is 0 Å². The van der Waals surface area contributed by atoms with Crippen LogP contribution in [0.1, 0.15) is 47.5 Å². The van der Waals surface area contributed by atoms with Crippen LogP contribution in [0.25, 0.3) is 0 Å². The molecule has 0 bridgehead atoms. The SMILES string of the molecule is CC(C)(O)C(=O)O.CCC(C)(O)C(=O)O.CCC(O)C(=O)O.O=C(O)CO. The number of aliphatic hydroxyl groups excluding tert-OH is 2. The van der Waals surface area contributed by atoms with Gasteiger partial charge in [-0.3, -0.25) is 0 Å². The Morgan fingerprint density at radius 3 is 1.15 bits per heavy atom. The third kappa shape index (κ3) is 26.1. The van der Waals surface area contributed by atoms with Crippen LogP contribution in [-0.4, -0.2) is 88.6 Å². The lowest BCUT2D eigenvalue weighted by Crippen LogP contribution is -2.33. The lowest BCUT2D eigenvalue weighted by Gasteiger charge is -2.13. The number of carbonyl (C=O) groups is 4. The zero-order valence-electron chi connectivity index (χ0n) is 15.9. The van der Waals surface area contributed by atoms with Gasteiger partial charge < -0.3 is 40.9 Å². The molecule has 12 nitrogen and oxygen atoms in total. The van der Waals surface area contributed by atoms with Gasteiger partial charge in [0.1, 0.15) is 6.61 Å². The summed E-state index contributed by atoms with van der Waals surface area (Å²) in [4.78, 5) is 38.6. The summed E-state index contributed by atoms with van der Waals surface area (Å²) in [6.07, 6.45) is -0.669. The summed E-state index contributed by atoms with van der Waals surface area (Å²) in [6.45, 7) is 6.16. The summed E-state index contributed by atoms with van der Waals surface area (Å²) in [5.41, 5.74) is -3.12. The van der Waals surface area contributed by atoms with Gasteiger partial charge in [-0.1, -0.05) is 13.8 Å². The highest BCUT2D eigenvalue weighted by Gasteiger charge is 2.26. The Kier molecular flexibility index (Phi) is 19.1. The summed E-state index contributed by atoms with van der Waals surface area (Å²) in [5.74, 6) is -4.71. The smallest absolute Gasteiger partial charge is 0.335 e. The van der Waals surface area contributed by atoms with E-state index in [1.165, 1.54) is 20.8 Å².